The molecule has 0 saturated carbocycles. The predicted octanol–water partition coefficient (Wildman–Crippen LogP) is 2.34. The van der Waals surface area contributed by atoms with Gasteiger partial charge in [0.2, 0.25) is 5.88 Å². The van der Waals surface area contributed by atoms with E-state index in [0.717, 1.165) is 6.42 Å². The Morgan fingerprint density at radius 3 is 2.82 bits per heavy atom. The molecule has 0 aliphatic heterocycles. The normalized spacial score (nSPS) is 11.9. The molecule has 0 aliphatic carbocycles. The second-order valence-corrected chi connectivity index (χ2v) is 4.12. The second kappa shape index (κ2) is 6.74. The number of nitrogens with one attached hydrogen (secondary N) is 1. The highest BCUT2D eigenvalue weighted by molar-refractivity contribution is 5.40. The Bertz CT molecular complexity index is 384. The van der Waals surface area contributed by atoms with Crippen molar-refractivity contribution in [1.29, 1.82) is 0 Å². The zero-order chi connectivity index (χ0) is 12.7. The van der Waals surface area contributed by atoms with Crippen LogP contribution in [0.5, 0.6) is 5.88 Å². The molecule has 0 aliphatic rings. The maximum absolute atomic E-state index is 5.45. The van der Waals surface area contributed by atoms with Crippen LogP contribution < -0.4 is 10.1 Å². The molecular weight excluding hydrogens is 214 g/mol. The first-order valence-electron chi connectivity index (χ1n) is 5.84. The smallest absolute Gasteiger partial charge is 0.218 e. The van der Waals surface area contributed by atoms with E-state index in [1.807, 2.05) is 6.92 Å². The summed E-state index contributed by atoms with van der Waals surface area (Å²) in [5, 5.41) is 3.18. The van der Waals surface area contributed by atoms with Gasteiger partial charge in [0.1, 0.15) is 12.1 Å². The molecular formula is C13H19N3O. The Hall–Kier alpha value is -1.76. The van der Waals surface area contributed by atoms with Gasteiger partial charge in [0.15, 0.2) is 0 Å². The Morgan fingerprint density at radius 2 is 2.24 bits per heavy atom. The summed E-state index contributed by atoms with van der Waals surface area (Å²) in [5.41, 5.74) is 0. The fraction of sp³-hybridized carbons (Fsp3) is 0.538. The van der Waals surface area contributed by atoms with Gasteiger partial charge in [0, 0.05) is 6.07 Å². The highest BCUT2D eigenvalue weighted by atomic mass is 16.5. The number of terminal acetylenes is 1. The lowest BCUT2D eigenvalue weighted by Crippen LogP contribution is -2.24. The van der Waals surface area contributed by atoms with E-state index in [-0.39, 0.29) is 6.04 Å². The van der Waals surface area contributed by atoms with E-state index in [2.05, 4.69) is 35.1 Å². The molecule has 1 N–H and O–H groups in total. The van der Waals surface area contributed by atoms with Crippen molar-refractivity contribution in [3.05, 3.63) is 12.4 Å². The molecule has 4 heteroatoms. The number of nitrogens with zero attached hydrogens (tertiary/aromatic N) is 2. The van der Waals surface area contributed by atoms with Crippen LogP contribution in [0.4, 0.5) is 5.82 Å². The summed E-state index contributed by atoms with van der Waals surface area (Å²) in [6.45, 7) is 6.83. The van der Waals surface area contributed by atoms with E-state index in [4.69, 9.17) is 11.2 Å². The molecule has 0 radical (unpaired) electrons. The zero-order valence-corrected chi connectivity index (χ0v) is 10.6. The lowest BCUT2D eigenvalue weighted by Gasteiger charge is -2.17. The quantitative estimate of drug-likeness (QED) is 0.766. The minimum atomic E-state index is -0.0380. The molecule has 1 unspecified atom stereocenters. The number of anilines is 1. The van der Waals surface area contributed by atoms with Gasteiger partial charge in [-0.2, -0.15) is 0 Å². The van der Waals surface area contributed by atoms with E-state index >= 15 is 0 Å². The third-order valence-corrected chi connectivity index (χ3v) is 2.25. The van der Waals surface area contributed by atoms with Crippen molar-refractivity contribution in [2.75, 3.05) is 11.9 Å². The molecule has 0 aromatic carbocycles. The summed E-state index contributed by atoms with van der Waals surface area (Å²) in [7, 11) is 0. The SMILES string of the molecule is C#CC(Nc1cc(OCCC)ncn1)C(C)C. The van der Waals surface area contributed by atoms with E-state index in [1.54, 1.807) is 6.07 Å². The Balaban J connectivity index is 2.68. The molecule has 0 spiro atoms. The van der Waals surface area contributed by atoms with Crippen molar-refractivity contribution in [1.82, 2.24) is 9.97 Å². The summed E-state index contributed by atoms with van der Waals surface area (Å²) < 4.78 is 5.43. The van der Waals surface area contributed by atoms with Gasteiger partial charge < -0.3 is 10.1 Å². The molecule has 0 saturated heterocycles. The Morgan fingerprint density at radius 1 is 1.47 bits per heavy atom. The lowest BCUT2D eigenvalue weighted by atomic mass is 10.1. The van der Waals surface area contributed by atoms with Crippen molar-refractivity contribution in [3.8, 4) is 18.2 Å². The summed E-state index contributed by atoms with van der Waals surface area (Å²) >= 11 is 0. The van der Waals surface area contributed by atoms with Gasteiger partial charge in [0.05, 0.1) is 12.6 Å². The highest BCUT2D eigenvalue weighted by Gasteiger charge is 2.10. The van der Waals surface area contributed by atoms with Gasteiger partial charge in [-0.25, -0.2) is 9.97 Å². The summed E-state index contributed by atoms with van der Waals surface area (Å²) in [4.78, 5) is 8.15. The van der Waals surface area contributed by atoms with Crippen molar-refractivity contribution in [3.63, 3.8) is 0 Å². The topological polar surface area (TPSA) is 47.0 Å². The van der Waals surface area contributed by atoms with Crippen LogP contribution in [-0.4, -0.2) is 22.6 Å². The van der Waals surface area contributed by atoms with Crippen molar-refractivity contribution < 1.29 is 4.74 Å². The monoisotopic (exact) mass is 233 g/mol. The first kappa shape index (κ1) is 13.3. The van der Waals surface area contributed by atoms with Gasteiger partial charge in [-0.05, 0) is 12.3 Å². The van der Waals surface area contributed by atoms with Crippen LogP contribution in [-0.2, 0) is 0 Å². The average Bonchev–Trinajstić information content (AvgIpc) is 2.33. The largest absolute Gasteiger partial charge is 0.478 e. The molecule has 1 atom stereocenters. The third kappa shape index (κ3) is 4.31. The van der Waals surface area contributed by atoms with Gasteiger partial charge >= 0.3 is 0 Å². The maximum Gasteiger partial charge on any atom is 0.218 e. The second-order valence-electron chi connectivity index (χ2n) is 4.12. The maximum atomic E-state index is 5.45. The zero-order valence-electron chi connectivity index (χ0n) is 10.6. The van der Waals surface area contributed by atoms with E-state index < -0.39 is 0 Å². The number of aromatic nitrogens is 2. The number of hydrogen-bond acceptors (Lipinski definition) is 4. The van der Waals surface area contributed by atoms with Gasteiger partial charge in [-0.1, -0.05) is 26.7 Å². The summed E-state index contributed by atoms with van der Waals surface area (Å²) in [6, 6.07) is 1.73. The molecule has 4 nitrogen and oxygen atoms in total. The Labute approximate surface area is 103 Å². The average molecular weight is 233 g/mol. The lowest BCUT2D eigenvalue weighted by molar-refractivity contribution is 0.305. The van der Waals surface area contributed by atoms with E-state index in [0.29, 0.717) is 24.2 Å². The molecule has 1 aromatic heterocycles. The van der Waals surface area contributed by atoms with Crippen LogP contribution in [0, 0.1) is 18.3 Å². The number of ether oxygens (including phenoxy) is 1. The molecule has 1 rings (SSSR count). The van der Waals surface area contributed by atoms with Crippen LogP contribution in [0.2, 0.25) is 0 Å². The van der Waals surface area contributed by atoms with E-state index in [9.17, 15) is 0 Å². The summed E-state index contributed by atoms with van der Waals surface area (Å²) in [5.74, 6) is 4.31. The first-order valence-corrected chi connectivity index (χ1v) is 5.84. The van der Waals surface area contributed by atoms with Crippen LogP contribution >= 0.6 is 0 Å². The van der Waals surface area contributed by atoms with Crippen molar-refractivity contribution in [2.24, 2.45) is 5.92 Å². The number of rotatable bonds is 6. The first-order chi connectivity index (χ1) is 8.17. The Kier molecular flexibility index (Phi) is 5.28. The molecule has 0 amide bonds. The highest BCUT2D eigenvalue weighted by Crippen LogP contribution is 2.14. The fourth-order valence-electron chi connectivity index (χ4n) is 1.26. The standard InChI is InChI=1S/C13H19N3O/c1-5-7-17-13-8-12(14-9-15-13)16-11(6-2)10(3)4/h2,8-11H,5,7H2,1,3-4H3,(H,14,15,16). The van der Waals surface area contributed by atoms with Crippen LogP contribution in [0.1, 0.15) is 27.2 Å². The van der Waals surface area contributed by atoms with Crippen molar-refractivity contribution >= 4 is 5.82 Å². The molecule has 17 heavy (non-hydrogen) atoms. The predicted molar refractivity (Wildman–Crippen MR) is 68.9 cm³/mol. The minimum absolute atomic E-state index is 0.0380. The molecule has 0 bridgehead atoms. The van der Waals surface area contributed by atoms with Gasteiger partial charge in [-0.3, -0.25) is 0 Å². The molecule has 1 heterocycles. The molecule has 1 aromatic rings. The van der Waals surface area contributed by atoms with Crippen LogP contribution in [0.25, 0.3) is 0 Å². The van der Waals surface area contributed by atoms with Gasteiger partial charge in [-0.15, -0.1) is 6.42 Å². The third-order valence-electron chi connectivity index (χ3n) is 2.25. The molecule has 92 valence electrons. The van der Waals surface area contributed by atoms with Gasteiger partial charge in [0.25, 0.3) is 0 Å². The summed E-state index contributed by atoms with van der Waals surface area (Å²) in [6.07, 6.45) is 7.88. The van der Waals surface area contributed by atoms with Crippen LogP contribution in [0.15, 0.2) is 12.4 Å². The molecule has 0 fully saturated rings. The number of hydrogen-bond donors (Lipinski definition) is 1. The minimum Gasteiger partial charge on any atom is -0.478 e. The fourth-order valence-corrected chi connectivity index (χ4v) is 1.26. The van der Waals surface area contributed by atoms with E-state index in [1.165, 1.54) is 6.33 Å². The van der Waals surface area contributed by atoms with Crippen LogP contribution in [0.3, 0.4) is 0 Å². The van der Waals surface area contributed by atoms with Crippen molar-refractivity contribution in [2.45, 2.75) is 33.2 Å².